The molecule has 0 bridgehead atoms. The van der Waals surface area contributed by atoms with Gasteiger partial charge in [0, 0.05) is 11.6 Å². The lowest BCUT2D eigenvalue weighted by atomic mass is 10.2. The van der Waals surface area contributed by atoms with E-state index in [-0.39, 0.29) is 5.56 Å². The first-order valence-electron chi connectivity index (χ1n) is 7.55. The number of nitrogens with two attached hydrogens (primary N) is 1. The summed E-state index contributed by atoms with van der Waals surface area (Å²) in [5, 5.41) is 0.694. The Kier molecular flexibility index (Phi) is 3.99. The first-order valence-corrected chi connectivity index (χ1v) is 8.75. The number of rotatable bonds is 3. The fourth-order valence-corrected chi connectivity index (χ4v) is 3.74. The zero-order valence-corrected chi connectivity index (χ0v) is 14.6. The number of halogens is 1. The second-order valence-corrected chi connectivity index (χ2v) is 7.09. The van der Waals surface area contributed by atoms with Gasteiger partial charge in [0.2, 0.25) is 0 Å². The van der Waals surface area contributed by atoms with E-state index in [0.717, 1.165) is 21.7 Å². The summed E-state index contributed by atoms with van der Waals surface area (Å²) in [6.07, 6.45) is 3.18. The molecule has 0 spiro atoms. The average molecular weight is 369 g/mol. The van der Waals surface area contributed by atoms with Crippen LogP contribution in [0.4, 0.5) is 5.69 Å². The average Bonchev–Trinajstić information content (AvgIpc) is 3.06. The number of aromatic nitrogens is 3. The van der Waals surface area contributed by atoms with E-state index in [9.17, 15) is 4.79 Å². The Bertz CT molecular complexity index is 1100. The summed E-state index contributed by atoms with van der Waals surface area (Å²) < 4.78 is 2.57. The standard InChI is InChI=1S/C18H13ClN4OS/c19-12-3-1-11(2-4-12)9-23-10-22-18(24)17-15(23)7-16(25-17)14-6-5-13(20)8-21-14/h1-8,10H,9,20H2. The maximum absolute atomic E-state index is 12.2. The minimum atomic E-state index is -0.228. The van der Waals surface area contributed by atoms with E-state index in [1.807, 2.05) is 41.0 Å². The van der Waals surface area contributed by atoms with E-state index in [1.165, 1.54) is 11.3 Å². The molecule has 0 atom stereocenters. The maximum Gasteiger partial charge on any atom is 0.290 e. The van der Waals surface area contributed by atoms with Crippen molar-refractivity contribution < 1.29 is 0 Å². The second kappa shape index (κ2) is 6.31. The summed E-state index contributed by atoms with van der Waals surface area (Å²) in [5.41, 5.74) is 8.77. The van der Waals surface area contributed by atoms with Gasteiger partial charge in [0.1, 0.15) is 4.70 Å². The van der Waals surface area contributed by atoms with E-state index in [2.05, 4.69) is 9.97 Å². The van der Waals surface area contributed by atoms with Crippen LogP contribution in [0, 0.1) is 0 Å². The van der Waals surface area contributed by atoms with Crippen molar-refractivity contribution in [1.29, 1.82) is 0 Å². The number of thiophene rings is 1. The molecule has 2 N–H and O–H groups in total. The molecule has 4 aromatic rings. The predicted octanol–water partition coefficient (Wildman–Crippen LogP) is 3.80. The van der Waals surface area contributed by atoms with Gasteiger partial charge in [0.25, 0.3) is 5.56 Å². The highest BCUT2D eigenvalue weighted by Crippen LogP contribution is 2.30. The number of nitrogen functional groups attached to an aromatic ring is 1. The Morgan fingerprint density at radius 3 is 2.64 bits per heavy atom. The van der Waals surface area contributed by atoms with E-state index in [0.29, 0.717) is 22.0 Å². The molecule has 0 radical (unpaired) electrons. The number of hydrogen-bond acceptors (Lipinski definition) is 5. The first kappa shape index (κ1) is 15.8. The van der Waals surface area contributed by atoms with Crippen molar-refractivity contribution >= 4 is 38.8 Å². The largest absolute Gasteiger partial charge is 0.397 e. The van der Waals surface area contributed by atoms with Crippen LogP contribution in [0.2, 0.25) is 5.02 Å². The summed E-state index contributed by atoms with van der Waals surface area (Å²) in [4.78, 5) is 21.4. The highest BCUT2D eigenvalue weighted by Gasteiger charge is 2.12. The van der Waals surface area contributed by atoms with Crippen LogP contribution in [0.15, 0.2) is 59.8 Å². The zero-order chi connectivity index (χ0) is 17.4. The molecule has 3 aromatic heterocycles. The van der Waals surface area contributed by atoms with Crippen LogP contribution in [0.5, 0.6) is 0 Å². The maximum atomic E-state index is 12.2. The zero-order valence-electron chi connectivity index (χ0n) is 13.0. The lowest BCUT2D eigenvalue weighted by Gasteiger charge is -2.07. The van der Waals surface area contributed by atoms with Crippen LogP contribution in [0.3, 0.4) is 0 Å². The van der Waals surface area contributed by atoms with E-state index in [1.54, 1.807) is 18.6 Å². The van der Waals surface area contributed by atoms with Crippen molar-refractivity contribution in [3.05, 3.63) is 75.9 Å². The molecule has 5 nitrogen and oxygen atoms in total. The van der Waals surface area contributed by atoms with Crippen molar-refractivity contribution in [2.45, 2.75) is 6.54 Å². The summed E-state index contributed by atoms with van der Waals surface area (Å²) in [5.74, 6) is 0. The third-order valence-corrected chi connectivity index (χ3v) is 5.22. The van der Waals surface area contributed by atoms with E-state index in [4.69, 9.17) is 17.3 Å². The fourth-order valence-electron chi connectivity index (χ4n) is 2.58. The van der Waals surface area contributed by atoms with Crippen molar-refractivity contribution in [1.82, 2.24) is 14.5 Å². The number of anilines is 1. The van der Waals surface area contributed by atoms with Crippen molar-refractivity contribution in [2.24, 2.45) is 0 Å². The Hall–Kier alpha value is -2.70. The minimum absolute atomic E-state index is 0.228. The predicted molar refractivity (Wildman–Crippen MR) is 102 cm³/mol. The SMILES string of the molecule is Nc1ccc(-c2cc3c(s2)c(=O)ncn3Cc2ccc(Cl)cc2)nc1. The van der Waals surface area contributed by atoms with Crippen LogP contribution in [0.1, 0.15) is 5.56 Å². The van der Waals surface area contributed by atoms with Crippen LogP contribution in [-0.2, 0) is 6.54 Å². The molecule has 0 saturated carbocycles. The van der Waals surface area contributed by atoms with Gasteiger partial charge in [0.05, 0.1) is 34.3 Å². The number of pyridine rings is 1. The third-order valence-electron chi connectivity index (χ3n) is 3.84. The molecule has 124 valence electrons. The second-order valence-electron chi connectivity index (χ2n) is 5.61. The summed E-state index contributed by atoms with van der Waals surface area (Å²) in [6.45, 7) is 0.603. The number of fused-ring (bicyclic) bond motifs is 1. The lowest BCUT2D eigenvalue weighted by molar-refractivity contribution is 0.800. The lowest BCUT2D eigenvalue weighted by Crippen LogP contribution is -2.11. The summed E-state index contributed by atoms with van der Waals surface area (Å²) in [6, 6.07) is 13.2. The number of nitrogens with zero attached hydrogens (tertiary/aromatic N) is 3. The molecule has 0 aliphatic heterocycles. The normalized spacial score (nSPS) is 11.1. The number of hydrogen-bond donors (Lipinski definition) is 1. The van der Waals surface area contributed by atoms with Gasteiger partial charge in [-0.05, 0) is 35.9 Å². The minimum Gasteiger partial charge on any atom is -0.397 e. The van der Waals surface area contributed by atoms with Crippen LogP contribution >= 0.6 is 22.9 Å². The first-order chi connectivity index (χ1) is 12.1. The molecule has 0 unspecified atom stereocenters. The van der Waals surface area contributed by atoms with Gasteiger partial charge in [0.15, 0.2) is 0 Å². The molecule has 1 aromatic carbocycles. The molecule has 0 aliphatic rings. The molecule has 3 heterocycles. The monoisotopic (exact) mass is 368 g/mol. The quantitative estimate of drug-likeness (QED) is 0.596. The smallest absolute Gasteiger partial charge is 0.290 e. The molecular formula is C18H13ClN4OS. The molecule has 4 rings (SSSR count). The fraction of sp³-hybridized carbons (Fsp3) is 0.0556. The molecule has 7 heteroatoms. The Morgan fingerprint density at radius 2 is 1.92 bits per heavy atom. The topological polar surface area (TPSA) is 73.8 Å². The van der Waals surface area contributed by atoms with Crippen molar-refractivity contribution in [2.75, 3.05) is 5.73 Å². The highest BCUT2D eigenvalue weighted by atomic mass is 35.5. The third kappa shape index (κ3) is 3.14. The van der Waals surface area contributed by atoms with Gasteiger partial charge in [-0.2, -0.15) is 4.98 Å². The Balaban J connectivity index is 1.80. The van der Waals surface area contributed by atoms with Gasteiger partial charge >= 0.3 is 0 Å². The summed E-state index contributed by atoms with van der Waals surface area (Å²) >= 11 is 7.33. The van der Waals surface area contributed by atoms with Gasteiger partial charge in [-0.15, -0.1) is 11.3 Å². The number of benzene rings is 1. The van der Waals surface area contributed by atoms with Gasteiger partial charge in [-0.1, -0.05) is 23.7 Å². The highest BCUT2D eigenvalue weighted by molar-refractivity contribution is 7.22. The Morgan fingerprint density at radius 1 is 1.12 bits per heavy atom. The molecular weight excluding hydrogens is 356 g/mol. The summed E-state index contributed by atoms with van der Waals surface area (Å²) in [7, 11) is 0. The van der Waals surface area contributed by atoms with Crippen LogP contribution in [0.25, 0.3) is 20.8 Å². The van der Waals surface area contributed by atoms with Crippen molar-refractivity contribution in [3.8, 4) is 10.6 Å². The van der Waals surface area contributed by atoms with E-state index >= 15 is 0 Å². The van der Waals surface area contributed by atoms with Crippen LogP contribution < -0.4 is 11.3 Å². The van der Waals surface area contributed by atoms with Gasteiger partial charge in [-0.25, -0.2) is 0 Å². The van der Waals surface area contributed by atoms with E-state index < -0.39 is 0 Å². The molecule has 0 aliphatic carbocycles. The molecule has 0 amide bonds. The van der Waals surface area contributed by atoms with Gasteiger partial charge < -0.3 is 10.3 Å². The molecule has 0 saturated heterocycles. The van der Waals surface area contributed by atoms with Crippen molar-refractivity contribution in [3.63, 3.8) is 0 Å². The molecule has 25 heavy (non-hydrogen) atoms. The van der Waals surface area contributed by atoms with Crippen LogP contribution in [-0.4, -0.2) is 14.5 Å². The molecule has 0 fully saturated rings. The Labute approximate surface area is 152 Å². The van der Waals surface area contributed by atoms with Gasteiger partial charge in [-0.3, -0.25) is 9.78 Å².